The number of anilines is 1. The van der Waals surface area contributed by atoms with E-state index in [1.54, 1.807) is 19.4 Å². The van der Waals surface area contributed by atoms with Gasteiger partial charge in [0.2, 0.25) is 0 Å². The van der Waals surface area contributed by atoms with Crippen molar-refractivity contribution in [3.05, 3.63) is 52.0 Å². The van der Waals surface area contributed by atoms with Crippen LogP contribution in [-0.2, 0) is 4.79 Å². The molecule has 0 saturated carbocycles. The first-order chi connectivity index (χ1) is 12.5. The van der Waals surface area contributed by atoms with E-state index in [1.165, 1.54) is 5.56 Å². The van der Waals surface area contributed by atoms with Gasteiger partial charge in [-0.15, -0.1) is 0 Å². The van der Waals surface area contributed by atoms with Crippen LogP contribution in [0.4, 0.5) is 5.69 Å². The van der Waals surface area contributed by atoms with E-state index >= 15 is 0 Å². The van der Waals surface area contributed by atoms with Crippen molar-refractivity contribution in [2.45, 2.75) is 13.8 Å². The molecule has 0 saturated heterocycles. The van der Waals surface area contributed by atoms with Crippen LogP contribution in [0.5, 0.6) is 11.5 Å². The van der Waals surface area contributed by atoms with Gasteiger partial charge in [-0.2, -0.15) is 5.10 Å². The first-order valence-corrected chi connectivity index (χ1v) is 8.95. The number of nitrogens with zero attached hydrogens (tertiary/aromatic N) is 1. The molecular formula is C19H22BrN3O3. The van der Waals surface area contributed by atoms with E-state index in [4.69, 9.17) is 9.47 Å². The SMILES string of the molecule is CCOc1cc(/C=N\NC(=O)CNc2ccc(C)cc2)cc(Br)c1OC. The van der Waals surface area contributed by atoms with Crippen molar-refractivity contribution in [2.75, 3.05) is 25.6 Å². The first kappa shape index (κ1) is 19.8. The zero-order valence-corrected chi connectivity index (χ0v) is 16.6. The molecule has 0 aliphatic rings. The number of methoxy groups -OCH3 is 1. The second-order valence-corrected chi connectivity index (χ2v) is 6.33. The number of nitrogens with one attached hydrogen (secondary N) is 2. The van der Waals surface area contributed by atoms with Crippen molar-refractivity contribution >= 4 is 33.7 Å². The largest absolute Gasteiger partial charge is 0.492 e. The monoisotopic (exact) mass is 419 g/mol. The molecular weight excluding hydrogens is 398 g/mol. The average Bonchev–Trinajstić information content (AvgIpc) is 2.61. The van der Waals surface area contributed by atoms with Crippen LogP contribution in [0.2, 0.25) is 0 Å². The number of carbonyl (C=O) groups is 1. The van der Waals surface area contributed by atoms with E-state index in [1.807, 2.05) is 44.2 Å². The van der Waals surface area contributed by atoms with E-state index in [2.05, 4.69) is 31.8 Å². The molecule has 1 amide bonds. The molecule has 0 aliphatic carbocycles. The Bertz CT molecular complexity index is 776. The number of amides is 1. The average molecular weight is 420 g/mol. The minimum absolute atomic E-state index is 0.136. The summed E-state index contributed by atoms with van der Waals surface area (Å²) in [6.45, 7) is 4.57. The molecule has 0 bridgehead atoms. The molecule has 0 fully saturated rings. The number of halogens is 1. The molecule has 2 N–H and O–H groups in total. The fourth-order valence-electron chi connectivity index (χ4n) is 2.20. The van der Waals surface area contributed by atoms with E-state index < -0.39 is 0 Å². The number of ether oxygens (including phenoxy) is 2. The van der Waals surface area contributed by atoms with Crippen LogP contribution in [-0.4, -0.2) is 32.4 Å². The summed E-state index contributed by atoms with van der Waals surface area (Å²) >= 11 is 3.44. The van der Waals surface area contributed by atoms with Gasteiger partial charge in [0.15, 0.2) is 11.5 Å². The van der Waals surface area contributed by atoms with E-state index in [0.29, 0.717) is 18.1 Å². The van der Waals surface area contributed by atoms with Crippen LogP contribution in [0.1, 0.15) is 18.1 Å². The summed E-state index contributed by atoms with van der Waals surface area (Å²) in [5.74, 6) is 0.993. The molecule has 138 valence electrons. The summed E-state index contributed by atoms with van der Waals surface area (Å²) in [6, 6.07) is 11.5. The van der Waals surface area contributed by atoms with Gasteiger partial charge in [-0.1, -0.05) is 17.7 Å². The Morgan fingerprint density at radius 2 is 2.00 bits per heavy atom. The minimum Gasteiger partial charge on any atom is -0.492 e. The highest BCUT2D eigenvalue weighted by molar-refractivity contribution is 9.10. The number of carbonyl (C=O) groups excluding carboxylic acids is 1. The van der Waals surface area contributed by atoms with Crippen molar-refractivity contribution in [2.24, 2.45) is 5.10 Å². The highest BCUT2D eigenvalue weighted by atomic mass is 79.9. The summed E-state index contributed by atoms with van der Waals surface area (Å²) in [7, 11) is 1.58. The van der Waals surface area contributed by atoms with Crippen molar-refractivity contribution in [1.82, 2.24) is 5.43 Å². The normalized spacial score (nSPS) is 10.6. The van der Waals surface area contributed by atoms with E-state index in [0.717, 1.165) is 15.7 Å². The Balaban J connectivity index is 1.92. The standard InChI is InChI=1S/C19H22BrN3O3/c1-4-26-17-10-14(9-16(20)19(17)25-3)11-22-23-18(24)12-21-15-7-5-13(2)6-8-15/h5-11,21H,4,12H2,1-3H3,(H,23,24)/b22-11-. The number of hydrazone groups is 1. The van der Waals surface area contributed by atoms with Gasteiger partial charge in [-0.05, 0) is 59.6 Å². The van der Waals surface area contributed by atoms with Crippen LogP contribution in [0.3, 0.4) is 0 Å². The van der Waals surface area contributed by atoms with Gasteiger partial charge in [0.25, 0.3) is 5.91 Å². The lowest BCUT2D eigenvalue weighted by atomic mass is 10.2. The highest BCUT2D eigenvalue weighted by Crippen LogP contribution is 2.36. The van der Waals surface area contributed by atoms with E-state index in [-0.39, 0.29) is 12.5 Å². The Labute approximate surface area is 161 Å². The third-order valence-electron chi connectivity index (χ3n) is 3.44. The molecule has 0 aromatic heterocycles. The fourth-order valence-corrected chi connectivity index (χ4v) is 2.82. The smallest absolute Gasteiger partial charge is 0.259 e. The van der Waals surface area contributed by atoms with Gasteiger partial charge in [-0.25, -0.2) is 5.43 Å². The maximum Gasteiger partial charge on any atom is 0.259 e. The van der Waals surface area contributed by atoms with Crippen molar-refractivity contribution in [3.63, 3.8) is 0 Å². The second-order valence-electron chi connectivity index (χ2n) is 5.48. The van der Waals surface area contributed by atoms with Crippen molar-refractivity contribution in [3.8, 4) is 11.5 Å². The summed E-state index contributed by atoms with van der Waals surface area (Å²) in [5.41, 5.74) is 5.32. The van der Waals surface area contributed by atoms with Crippen LogP contribution in [0.25, 0.3) is 0 Å². The summed E-state index contributed by atoms with van der Waals surface area (Å²) < 4.78 is 11.6. The summed E-state index contributed by atoms with van der Waals surface area (Å²) in [4.78, 5) is 11.9. The predicted molar refractivity (Wildman–Crippen MR) is 107 cm³/mol. The van der Waals surface area contributed by atoms with Gasteiger partial charge in [0.05, 0.1) is 30.9 Å². The lowest BCUT2D eigenvalue weighted by molar-refractivity contribution is -0.119. The Kier molecular flexibility index (Phi) is 7.47. The Morgan fingerprint density at radius 3 is 2.65 bits per heavy atom. The molecule has 2 rings (SSSR count). The zero-order valence-electron chi connectivity index (χ0n) is 15.0. The lowest BCUT2D eigenvalue weighted by Gasteiger charge is -2.11. The summed E-state index contributed by atoms with van der Waals surface area (Å²) in [5, 5.41) is 7.02. The minimum atomic E-state index is -0.237. The molecule has 2 aromatic rings. The Hall–Kier alpha value is -2.54. The van der Waals surface area contributed by atoms with Gasteiger partial charge >= 0.3 is 0 Å². The molecule has 2 aromatic carbocycles. The molecule has 0 unspecified atom stereocenters. The lowest BCUT2D eigenvalue weighted by Crippen LogP contribution is -2.25. The number of benzene rings is 2. The highest BCUT2D eigenvalue weighted by Gasteiger charge is 2.10. The van der Waals surface area contributed by atoms with Gasteiger partial charge in [0.1, 0.15) is 0 Å². The van der Waals surface area contributed by atoms with Gasteiger partial charge < -0.3 is 14.8 Å². The molecule has 0 heterocycles. The number of rotatable bonds is 8. The number of aryl methyl sites for hydroxylation is 1. The molecule has 26 heavy (non-hydrogen) atoms. The van der Waals surface area contributed by atoms with Crippen molar-refractivity contribution in [1.29, 1.82) is 0 Å². The van der Waals surface area contributed by atoms with Crippen LogP contribution in [0, 0.1) is 6.92 Å². The molecule has 0 radical (unpaired) electrons. The third-order valence-corrected chi connectivity index (χ3v) is 4.03. The third kappa shape index (κ3) is 5.77. The number of hydrogen-bond acceptors (Lipinski definition) is 5. The second kappa shape index (κ2) is 9.82. The molecule has 7 heteroatoms. The molecule has 0 atom stereocenters. The van der Waals surface area contributed by atoms with Gasteiger partial charge in [0, 0.05) is 5.69 Å². The van der Waals surface area contributed by atoms with Crippen LogP contribution < -0.4 is 20.2 Å². The molecule has 0 aliphatic heterocycles. The topological polar surface area (TPSA) is 72.0 Å². The van der Waals surface area contributed by atoms with Crippen molar-refractivity contribution < 1.29 is 14.3 Å². The quantitative estimate of drug-likeness (QED) is 0.505. The Morgan fingerprint density at radius 1 is 1.27 bits per heavy atom. The van der Waals surface area contributed by atoms with Crippen LogP contribution in [0.15, 0.2) is 46.0 Å². The predicted octanol–water partition coefficient (Wildman–Crippen LogP) is 3.73. The van der Waals surface area contributed by atoms with Crippen LogP contribution >= 0.6 is 15.9 Å². The fraction of sp³-hybridized carbons (Fsp3) is 0.263. The zero-order chi connectivity index (χ0) is 18.9. The maximum absolute atomic E-state index is 11.9. The summed E-state index contributed by atoms with van der Waals surface area (Å²) in [6.07, 6.45) is 1.55. The first-order valence-electron chi connectivity index (χ1n) is 8.16. The molecule has 0 spiro atoms. The maximum atomic E-state index is 11.9. The number of hydrogen-bond donors (Lipinski definition) is 2. The van der Waals surface area contributed by atoms with E-state index in [9.17, 15) is 4.79 Å². The molecule has 6 nitrogen and oxygen atoms in total. The van der Waals surface area contributed by atoms with Gasteiger partial charge in [-0.3, -0.25) is 4.79 Å².